The minimum absolute atomic E-state index is 0.502. The monoisotopic (exact) mass is 237 g/mol. The van der Waals surface area contributed by atoms with Crippen molar-refractivity contribution in [3.8, 4) is 0 Å². The molecule has 4 heteroatoms. The van der Waals surface area contributed by atoms with E-state index < -0.39 is 0 Å². The van der Waals surface area contributed by atoms with E-state index in [-0.39, 0.29) is 0 Å². The van der Waals surface area contributed by atoms with Crippen molar-refractivity contribution in [3.05, 3.63) is 18.2 Å². The lowest BCUT2D eigenvalue weighted by Crippen LogP contribution is -2.27. The van der Waals surface area contributed by atoms with Crippen LogP contribution >= 0.6 is 0 Å². The van der Waals surface area contributed by atoms with Crippen LogP contribution in [-0.2, 0) is 11.3 Å². The predicted octanol–water partition coefficient (Wildman–Crippen LogP) is 1.73. The zero-order chi connectivity index (χ0) is 12.1. The van der Waals surface area contributed by atoms with Gasteiger partial charge in [-0.3, -0.25) is 0 Å². The maximum absolute atomic E-state index is 5.44. The zero-order valence-corrected chi connectivity index (χ0v) is 10.9. The minimum Gasteiger partial charge on any atom is -0.381 e. The highest BCUT2D eigenvalue weighted by Crippen LogP contribution is 2.23. The molecule has 4 nitrogen and oxygen atoms in total. The highest BCUT2D eigenvalue weighted by atomic mass is 16.5. The van der Waals surface area contributed by atoms with Crippen LogP contribution in [0, 0.1) is 0 Å². The van der Waals surface area contributed by atoms with Gasteiger partial charge in [0, 0.05) is 38.0 Å². The molecule has 0 bridgehead atoms. The topological polar surface area (TPSA) is 30.3 Å². The normalized spacial score (nSPS) is 20.3. The van der Waals surface area contributed by atoms with Crippen molar-refractivity contribution in [1.29, 1.82) is 0 Å². The second-order valence-electron chi connectivity index (χ2n) is 4.57. The fourth-order valence-corrected chi connectivity index (χ4v) is 2.40. The van der Waals surface area contributed by atoms with E-state index in [1.165, 1.54) is 5.82 Å². The highest BCUT2D eigenvalue weighted by molar-refractivity contribution is 5.02. The molecule has 1 aromatic heterocycles. The third-order valence-electron chi connectivity index (χ3n) is 3.59. The molecule has 0 N–H and O–H groups in total. The molecule has 1 aromatic rings. The van der Waals surface area contributed by atoms with Gasteiger partial charge in [-0.15, -0.1) is 0 Å². The molecule has 0 spiro atoms. The number of nitrogens with zero attached hydrogens (tertiary/aromatic N) is 3. The van der Waals surface area contributed by atoms with E-state index in [0.29, 0.717) is 5.92 Å². The number of likely N-dealkylation sites (N-methyl/N-ethyl adjacent to an activating group) is 1. The first-order chi connectivity index (χ1) is 8.35. The summed E-state index contributed by atoms with van der Waals surface area (Å²) in [5.74, 6) is 1.70. The molecule has 0 saturated carbocycles. The first-order valence-electron chi connectivity index (χ1n) is 6.66. The van der Waals surface area contributed by atoms with Gasteiger partial charge in [0.15, 0.2) is 0 Å². The molecular weight excluding hydrogens is 214 g/mol. The fraction of sp³-hybridized carbons (Fsp3) is 0.769. The van der Waals surface area contributed by atoms with E-state index in [1.807, 2.05) is 6.20 Å². The SMILES string of the molecule is CCN(CC)CCn1ccnc1C1CCOC1. The Hall–Kier alpha value is -0.870. The summed E-state index contributed by atoms with van der Waals surface area (Å²) >= 11 is 0. The van der Waals surface area contributed by atoms with Crippen molar-refractivity contribution in [1.82, 2.24) is 14.5 Å². The summed E-state index contributed by atoms with van der Waals surface area (Å²) < 4.78 is 7.73. The molecule has 17 heavy (non-hydrogen) atoms. The van der Waals surface area contributed by atoms with Crippen LogP contribution in [0.15, 0.2) is 12.4 Å². The Balaban J connectivity index is 1.94. The molecule has 2 heterocycles. The number of aromatic nitrogens is 2. The average Bonchev–Trinajstić information content (AvgIpc) is 3.00. The molecule has 0 aliphatic carbocycles. The molecule has 1 aliphatic heterocycles. The van der Waals surface area contributed by atoms with E-state index in [4.69, 9.17) is 4.74 Å². The molecule has 1 fully saturated rings. The summed E-state index contributed by atoms with van der Waals surface area (Å²) in [7, 11) is 0. The van der Waals surface area contributed by atoms with E-state index >= 15 is 0 Å². The van der Waals surface area contributed by atoms with Crippen LogP contribution in [0.1, 0.15) is 32.0 Å². The van der Waals surface area contributed by atoms with Crippen LogP contribution < -0.4 is 0 Å². The van der Waals surface area contributed by atoms with Crippen LogP contribution in [0.2, 0.25) is 0 Å². The van der Waals surface area contributed by atoms with Gasteiger partial charge in [-0.05, 0) is 19.5 Å². The van der Waals surface area contributed by atoms with Crippen LogP contribution in [0.5, 0.6) is 0 Å². The molecule has 96 valence electrons. The quantitative estimate of drug-likeness (QED) is 0.755. The molecular formula is C13H23N3O. The molecule has 0 amide bonds. The van der Waals surface area contributed by atoms with E-state index in [2.05, 4.69) is 34.5 Å². The average molecular weight is 237 g/mol. The van der Waals surface area contributed by atoms with E-state index in [9.17, 15) is 0 Å². The summed E-state index contributed by atoms with van der Waals surface area (Å²) in [6.45, 7) is 10.5. The number of ether oxygens (including phenoxy) is 1. The predicted molar refractivity (Wildman–Crippen MR) is 68.2 cm³/mol. The van der Waals surface area contributed by atoms with Crippen LogP contribution in [0.25, 0.3) is 0 Å². The van der Waals surface area contributed by atoms with E-state index in [0.717, 1.165) is 45.8 Å². The zero-order valence-electron chi connectivity index (χ0n) is 10.9. The van der Waals surface area contributed by atoms with Crippen molar-refractivity contribution in [2.45, 2.75) is 32.7 Å². The maximum atomic E-state index is 5.44. The molecule has 1 unspecified atom stereocenters. The van der Waals surface area contributed by atoms with E-state index in [1.54, 1.807) is 0 Å². The van der Waals surface area contributed by atoms with Crippen LogP contribution in [0.3, 0.4) is 0 Å². The van der Waals surface area contributed by atoms with Gasteiger partial charge in [0.1, 0.15) is 5.82 Å². The van der Waals surface area contributed by atoms with Gasteiger partial charge in [0.25, 0.3) is 0 Å². The Bertz CT molecular complexity index is 327. The lowest BCUT2D eigenvalue weighted by atomic mass is 10.1. The second kappa shape index (κ2) is 6.17. The van der Waals surface area contributed by atoms with Gasteiger partial charge >= 0.3 is 0 Å². The van der Waals surface area contributed by atoms with Crippen molar-refractivity contribution in [3.63, 3.8) is 0 Å². The fourth-order valence-electron chi connectivity index (χ4n) is 2.40. The maximum Gasteiger partial charge on any atom is 0.114 e. The summed E-state index contributed by atoms with van der Waals surface area (Å²) in [5, 5.41) is 0. The van der Waals surface area contributed by atoms with Crippen LogP contribution in [0.4, 0.5) is 0 Å². The standard InChI is InChI=1S/C13H23N3O/c1-3-15(4-2)8-9-16-7-6-14-13(16)12-5-10-17-11-12/h6-7,12H,3-5,8-11H2,1-2H3. The third kappa shape index (κ3) is 3.07. The molecule has 0 radical (unpaired) electrons. The van der Waals surface area contributed by atoms with Gasteiger partial charge in [0.05, 0.1) is 6.61 Å². The minimum atomic E-state index is 0.502. The second-order valence-corrected chi connectivity index (χ2v) is 4.57. The molecule has 0 aromatic carbocycles. The lowest BCUT2D eigenvalue weighted by Gasteiger charge is -2.19. The van der Waals surface area contributed by atoms with Crippen molar-refractivity contribution < 1.29 is 4.74 Å². The first-order valence-corrected chi connectivity index (χ1v) is 6.66. The van der Waals surface area contributed by atoms with Gasteiger partial charge in [-0.1, -0.05) is 13.8 Å². The first kappa shape index (κ1) is 12.6. The van der Waals surface area contributed by atoms with Crippen molar-refractivity contribution in [2.24, 2.45) is 0 Å². The number of hydrogen-bond donors (Lipinski definition) is 0. The Kier molecular flexibility index (Phi) is 4.57. The van der Waals surface area contributed by atoms with Crippen molar-refractivity contribution >= 4 is 0 Å². The number of rotatable bonds is 6. The Morgan fingerprint density at radius 1 is 1.47 bits per heavy atom. The highest BCUT2D eigenvalue weighted by Gasteiger charge is 2.21. The molecule has 1 atom stereocenters. The smallest absolute Gasteiger partial charge is 0.114 e. The van der Waals surface area contributed by atoms with Crippen molar-refractivity contribution in [2.75, 3.05) is 32.8 Å². The summed E-state index contributed by atoms with van der Waals surface area (Å²) in [6.07, 6.45) is 5.12. The summed E-state index contributed by atoms with van der Waals surface area (Å²) in [5.41, 5.74) is 0. The lowest BCUT2D eigenvalue weighted by molar-refractivity contribution is 0.192. The van der Waals surface area contributed by atoms with Crippen LogP contribution in [-0.4, -0.2) is 47.3 Å². The summed E-state index contributed by atoms with van der Waals surface area (Å²) in [6, 6.07) is 0. The van der Waals surface area contributed by atoms with Gasteiger partial charge in [-0.2, -0.15) is 0 Å². The molecule has 2 rings (SSSR count). The van der Waals surface area contributed by atoms with Gasteiger partial charge in [-0.25, -0.2) is 4.98 Å². The van der Waals surface area contributed by atoms with Gasteiger partial charge < -0.3 is 14.2 Å². The number of hydrogen-bond acceptors (Lipinski definition) is 3. The Morgan fingerprint density at radius 3 is 2.94 bits per heavy atom. The Labute approximate surface area is 104 Å². The largest absolute Gasteiger partial charge is 0.381 e. The third-order valence-corrected chi connectivity index (χ3v) is 3.59. The molecule has 1 saturated heterocycles. The Morgan fingerprint density at radius 2 is 2.29 bits per heavy atom. The number of imidazole rings is 1. The molecule has 1 aliphatic rings. The summed E-state index contributed by atoms with van der Waals surface area (Å²) in [4.78, 5) is 6.93. The van der Waals surface area contributed by atoms with Gasteiger partial charge in [0.2, 0.25) is 0 Å².